The number of aryl methyl sites for hydroxylation is 1. The number of nitrogens with one attached hydrogen (secondary N) is 1. The van der Waals surface area contributed by atoms with Crippen LogP contribution in [0.3, 0.4) is 0 Å². The van der Waals surface area contributed by atoms with Gasteiger partial charge in [-0.2, -0.15) is 0 Å². The summed E-state index contributed by atoms with van der Waals surface area (Å²) in [6, 6.07) is 10.6. The molecule has 0 aliphatic heterocycles. The molecule has 21 heavy (non-hydrogen) atoms. The average Bonchev–Trinajstić information content (AvgIpc) is 2.48. The first-order valence-electron chi connectivity index (χ1n) is 7.20. The molecule has 0 spiro atoms. The number of halogens is 2. The lowest BCUT2D eigenvalue weighted by atomic mass is 9.99. The fourth-order valence-electron chi connectivity index (χ4n) is 2.25. The van der Waals surface area contributed by atoms with E-state index in [0.29, 0.717) is 0 Å². The van der Waals surface area contributed by atoms with Gasteiger partial charge in [-0.3, -0.25) is 4.98 Å². The second-order valence-corrected chi connectivity index (χ2v) is 6.51. The molecule has 0 saturated heterocycles. The number of nitrogens with zero attached hydrogens (tertiary/aromatic N) is 1. The molecule has 0 aliphatic rings. The summed E-state index contributed by atoms with van der Waals surface area (Å²) >= 11 is 9.55. The van der Waals surface area contributed by atoms with Gasteiger partial charge in [-0.25, -0.2) is 0 Å². The first kappa shape index (κ1) is 16.5. The van der Waals surface area contributed by atoms with Crippen molar-refractivity contribution >= 4 is 27.5 Å². The maximum Gasteiger partial charge on any atom is 0.0435 e. The quantitative estimate of drug-likeness (QED) is 0.769. The minimum Gasteiger partial charge on any atom is -0.310 e. The number of benzene rings is 1. The Kier molecular flexibility index (Phi) is 6.22. The van der Waals surface area contributed by atoms with E-state index in [1.807, 2.05) is 25.3 Å². The monoisotopic (exact) mass is 366 g/mol. The van der Waals surface area contributed by atoms with E-state index in [1.165, 1.54) is 5.56 Å². The van der Waals surface area contributed by atoms with Crippen molar-refractivity contribution in [2.45, 2.75) is 32.7 Å². The Morgan fingerprint density at radius 1 is 1.29 bits per heavy atom. The van der Waals surface area contributed by atoms with Crippen LogP contribution in [0.5, 0.6) is 0 Å². The van der Waals surface area contributed by atoms with Crippen molar-refractivity contribution in [1.82, 2.24) is 10.3 Å². The Bertz CT molecular complexity index is 584. The van der Waals surface area contributed by atoms with Gasteiger partial charge in [-0.1, -0.05) is 30.7 Å². The van der Waals surface area contributed by atoms with Crippen molar-refractivity contribution in [3.05, 3.63) is 62.8 Å². The van der Waals surface area contributed by atoms with Gasteiger partial charge in [-0.15, -0.1) is 0 Å². The third-order valence-electron chi connectivity index (χ3n) is 3.43. The fourth-order valence-corrected chi connectivity index (χ4v) is 2.60. The SMILES string of the molecule is CCCNC(Cc1ccc(Br)cn1)c1ccc(Cl)c(C)c1. The van der Waals surface area contributed by atoms with Crippen LogP contribution in [0.4, 0.5) is 0 Å². The van der Waals surface area contributed by atoms with Gasteiger partial charge < -0.3 is 5.32 Å². The molecule has 112 valence electrons. The Morgan fingerprint density at radius 2 is 2.10 bits per heavy atom. The molecule has 1 heterocycles. The number of hydrogen-bond donors (Lipinski definition) is 1. The van der Waals surface area contributed by atoms with Gasteiger partial charge in [0.05, 0.1) is 0 Å². The van der Waals surface area contributed by atoms with E-state index in [0.717, 1.165) is 40.1 Å². The van der Waals surface area contributed by atoms with Crippen molar-refractivity contribution in [2.24, 2.45) is 0 Å². The molecule has 0 amide bonds. The van der Waals surface area contributed by atoms with Crippen molar-refractivity contribution in [3.63, 3.8) is 0 Å². The van der Waals surface area contributed by atoms with Crippen LogP contribution in [0.25, 0.3) is 0 Å². The van der Waals surface area contributed by atoms with Gasteiger partial charge in [0.1, 0.15) is 0 Å². The second kappa shape index (κ2) is 7.92. The molecule has 0 saturated carbocycles. The van der Waals surface area contributed by atoms with E-state index < -0.39 is 0 Å². The third kappa shape index (κ3) is 4.80. The van der Waals surface area contributed by atoms with Crippen molar-refractivity contribution in [1.29, 1.82) is 0 Å². The molecule has 0 fully saturated rings. The lowest BCUT2D eigenvalue weighted by molar-refractivity contribution is 0.524. The Morgan fingerprint density at radius 3 is 2.71 bits per heavy atom. The zero-order chi connectivity index (χ0) is 15.2. The van der Waals surface area contributed by atoms with Gasteiger partial charge in [0.2, 0.25) is 0 Å². The van der Waals surface area contributed by atoms with Crippen LogP contribution in [0.2, 0.25) is 5.02 Å². The van der Waals surface area contributed by atoms with Gasteiger partial charge in [-0.05, 0) is 65.1 Å². The molecule has 1 N–H and O–H groups in total. The van der Waals surface area contributed by atoms with E-state index >= 15 is 0 Å². The summed E-state index contributed by atoms with van der Waals surface area (Å²) in [5, 5.41) is 4.42. The highest BCUT2D eigenvalue weighted by atomic mass is 79.9. The summed E-state index contributed by atoms with van der Waals surface area (Å²) in [6.45, 7) is 5.21. The first-order valence-corrected chi connectivity index (χ1v) is 8.37. The number of pyridine rings is 1. The molecule has 0 aliphatic carbocycles. The standard InChI is InChI=1S/C17H20BrClN2/c1-3-8-20-17(10-15-6-5-14(18)11-21-15)13-4-7-16(19)12(2)9-13/h4-7,9,11,17,20H,3,8,10H2,1-2H3. The van der Waals surface area contributed by atoms with Crippen LogP contribution in [-0.2, 0) is 6.42 Å². The Hall–Kier alpha value is -0.900. The third-order valence-corrected chi connectivity index (χ3v) is 4.32. The molecule has 0 radical (unpaired) electrons. The average molecular weight is 368 g/mol. The zero-order valence-electron chi connectivity index (χ0n) is 12.4. The molecule has 2 rings (SSSR count). The van der Waals surface area contributed by atoms with Gasteiger partial charge in [0, 0.05) is 33.8 Å². The normalized spacial score (nSPS) is 12.4. The highest BCUT2D eigenvalue weighted by Gasteiger charge is 2.13. The molecule has 0 bridgehead atoms. The van der Waals surface area contributed by atoms with E-state index in [9.17, 15) is 0 Å². The first-order chi connectivity index (χ1) is 10.1. The molecular weight excluding hydrogens is 348 g/mol. The van der Waals surface area contributed by atoms with Crippen LogP contribution in [0.1, 0.15) is 36.2 Å². The van der Waals surface area contributed by atoms with Crippen LogP contribution in [0.15, 0.2) is 41.0 Å². The highest BCUT2D eigenvalue weighted by molar-refractivity contribution is 9.10. The van der Waals surface area contributed by atoms with E-state index in [4.69, 9.17) is 11.6 Å². The number of hydrogen-bond acceptors (Lipinski definition) is 2. The van der Waals surface area contributed by atoms with Crippen molar-refractivity contribution < 1.29 is 0 Å². The summed E-state index contributed by atoms with van der Waals surface area (Å²) in [5.74, 6) is 0. The van der Waals surface area contributed by atoms with Crippen molar-refractivity contribution in [3.8, 4) is 0 Å². The molecular formula is C17H20BrClN2. The van der Waals surface area contributed by atoms with Gasteiger partial charge in [0.15, 0.2) is 0 Å². The fraction of sp³-hybridized carbons (Fsp3) is 0.353. The summed E-state index contributed by atoms with van der Waals surface area (Å²) in [7, 11) is 0. The van der Waals surface area contributed by atoms with Crippen LogP contribution in [0, 0.1) is 6.92 Å². The van der Waals surface area contributed by atoms with E-state index in [2.05, 4.69) is 51.4 Å². The summed E-state index contributed by atoms with van der Waals surface area (Å²) in [5.41, 5.74) is 3.45. The Balaban J connectivity index is 2.20. The molecule has 1 unspecified atom stereocenters. The molecule has 2 nitrogen and oxygen atoms in total. The van der Waals surface area contributed by atoms with E-state index in [1.54, 1.807) is 0 Å². The predicted octanol–water partition coefficient (Wildman–Crippen LogP) is 5.09. The molecule has 1 atom stereocenters. The highest BCUT2D eigenvalue weighted by Crippen LogP contribution is 2.23. The minimum atomic E-state index is 0.259. The van der Waals surface area contributed by atoms with Crippen LogP contribution >= 0.6 is 27.5 Å². The summed E-state index contributed by atoms with van der Waals surface area (Å²) < 4.78 is 1.01. The topological polar surface area (TPSA) is 24.9 Å². The van der Waals surface area contributed by atoms with E-state index in [-0.39, 0.29) is 6.04 Å². The molecule has 4 heteroatoms. The lowest BCUT2D eigenvalue weighted by Gasteiger charge is -2.19. The Labute approximate surface area is 140 Å². The zero-order valence-corrected chi connectivity index (χ0v) is 14.7. The molecule has 2 aromatic rings. The van der Waals surface area contributed by atoms with Crippen LogP contribution in [-0.4, -0.2) is 11.5 Å². The van der Waals surface area contributed by atoms with Crippen molar-refractivity contribution in [2.75, 3.05) is 6.54 Å². The smallest absolute Gasteiger partial charge is 0.0435 e. The largest absolute Gasteiger partial charge is 0.310 e. The maximum atomic E-state index is 6.13. The number of rotatable bonds is 6. The maximum absolute atomic E-state index is 6.13. The second-order valence-electron chi connectivity index (χ2n) is 5.19. The summed E-state index contributed by atoms with van der Waals surface area (Å²) in [6.07, 6.45) is 3.82. The number of aromatic nitrogens is 1. The van der Waals surface area contributed by atoms with Gasteiger partial charge in [0.25, 0.3) is 0 Å². The van der Waals surface area contributed by atoms with Crippen LogP contribution < -0.4 is 5.32 Å². The lowest BCUT2D eigenvalue weighted by Crippen LogP contribution is -2.24. The summed E-state index contributed by atoms with van der Waals surface area (Å²) in [4.78, 5) is 4.48. The molecule has 1 aromatic carbocycles. The minimum absolute atomic E-state index is 0.259. The van der Waals surface area contributed by atoms with Gasteiger partial charge >= 0.3 is 0 Å². The molecule has 1 aromatic heterocycles. The predicted molar refractivity (Wildman–Crippen MR) is 92.9 cm³/mol.